The van der Waals surface area contributed by atoms with Crippen molar-refractivity contribution < 1.29 is 24.2 Å². The Kier molecular flexibility index (Phi) is 5.98. The molecule has 126 valence electrons. The van der Waals surface area contributed by atoms with Crippen LogP contribution in [0.1, 0.15) is 31.2 Å². The van der Waals surface area contributed by atoms with Gasteiger partial charge >= 0.3 is 5.97 Å². The van der Waals surface area contributed by atoms with E-state index in [0.29, 0.717) is 18.9 Å². The molecule has 1 aliphatic rings. The monoisotopic (exact) mass is 321 g/mol. The van der Waals surface area contributed by atoms with E-state index in [1.54, 1.807) is 25.3 Å². The number of methoxy groups -OCH3 is 1. The third-order valence-electron chi connectivity index (χ3n) is 4.29. The molecule has 1 saturated carbocycles. The van der Waals surface area contributed by atoms with Gasteiger partial charge in [0, 0.05) is 20.3 Å². The predicted octanol–water partition coefficient (Wildman–Crippen LogP) is 1.97. The zero-order valence-corrected chi connectivity index (χ0v) is 13.3. The highest BCUT2D eigenvalue weighted by atomic mass is 16.5. The van der Waals surface area contributed by atoms with Gasteiger partial charge < -0.3 is 19.9 Å². The number of carboxylic acids is 1. The molecule has 1 aliphatic carbocycles. The van der Waals surface area contributed by atoms with Gasteiger partial charge in [-0.3, -0.25) is 4.79 Å². The van der Waals surface area contributed by atoms with Crippen molar-refractivity contribution in [3.8, 4) is 5.75 Å². The number of carbonyl (C=O) groups excluding carboxylic acids is 1. The third-order valence-corrected chi connectivity index (χ3v) is 4.29. The maximum absolute atomic E-state index is 12.5. The molecule has 2 rings (SSSR count). The fraction of sp³-hybridized carbons (Fsp3) is 0.529. The normalized spacial score (nSPS) is 15.5. The molecule has 0 bridgehead atoms. The molecule has 0 unspecified atom stereocenters. The molecular formula is C17H23NO5. The molecule has 0 aromatic heterocycles. The van der Waals surface area contributed by atoms with E-state index in [-0.39, 0.29) is 17.9 Å². The topological polar surface area (TPSA) is 84.9 Å². The molecule has 0 radical (unpaired) electrons. The summed E-state index contributed by atoms with van der Waals surface area (Å²) in [4.78, 5) is 23.0. The van der Waals surface area contributed by atoms with Crippen molar-refractivity contribution in [3.63, 3.8) is 0 Å². The lowest BCUT2D eigenvalue weighted by Gasteiger charge is -2.40. The summed E-state index contributed by atoms with van der Waals surface area (Å²) in [5.74, 6) is -0.469. The standard InChI is InChI=1S/C17H23NO5/c1-22-9-8-17(6-3-7-17)16(21)18-11-13-4-2-5-14(10-13)23-12-15(19)20/h2,4-5,10H,3,6-9,11-12H2,1H3,(H,18,21)(H,19,20). The van der Waals surface area contributed by atoms with E-state index in [4.69, 9.17) is 14.6 Å². The number of carbonyl (C=O) groups is 2. The molecule has 6 nitrogen and oxygen atoms in total. The molecule has 6 heteroatoms. The van der Waals surface area contributed by atoms with Crippen molar-refractivity contribution in [2.75, 3.05) is 20.3 Å². The molecule has 2 N–H and O–H groups in total. The van der Waals surface area contributed by atoms with Crippen molar-refractivity contribution in [2.24, 2.45) is 5.41 Å². The smallest absolute Gasteiger partial charge is 0.341 e. The summed E-state index contributed by atoms with van der Waals surface area (Å²) < 4.78 is 10.2. The summed E-state index contributed by atoms with van der Waals surface area (Å²) in [6.07, 6.45) is 3.64. The lowest BCUT2D eigenvalue weighted by atomic mass is 9.66. The largest absolute Gasteiger partial charge is 0.482 e. The number of ether oxygens (including phenoxy) is 2. The lowest BCUT2D eigenvalue weighted by Crippen LogP contribution is -2.46. The fourth-order valence-electron chi connectivity index (χ4n) is 2.75. The van der Waals surface area contributed by atoms with Gasteiger partial charge in [0.05, 0.1) is 5.41 Å². The second-order valence-electron chi connectivity index (χ2n) is 5.89. The number of rotatable bonds is 9. The van der Waals surface area contributed by atoms with Gasteiger partial charge in [-0.2, -0.15) is 0 Å². The Morgan fingerprint density at radius 2 is 2.13 bits per heavy atom. The third kappa shape index (κ3) is 4.69. The zero-order valence-electron chi connectivity index (χ0n) is 13.3. The second kappa shape index (κ2) is 7.97. The van der Waals surface area contributed by atoms with Crippen LogP contribution in [-0.4, -0.2) is 37.3 Å². The Morgan fingerprint density at radius 3 is 2.74 bits per heavy atom. The van der Waals surface area contributed by atoms with E-state index < -0.39 is 5.97 Å². The van der Waals surface area contributed by atoms with Crippen molar-refractivity contribution >= 4 is 11.9 Å². The van der Waals surface area contributed by atoms with E-state index in [1.807, 2.05) is 6.07 Å². The molecule has 0 saturated heterocycles. The Labute approximate surface area is 135 Å². The Hall–Kier alpha value is -2.08. The molecule has 0 heterocycles. The average molecular weight is 321 g/mol. The number of amides is 1. The van der Waals surface area contributed by atoms with Crippen LogP contribution >= 0.6 is 0 Å². The van der Waals surface area contributed by atoms with Gasteiger partial charge in [0.1, 0.15) is 5.75 Å². The van der Waals surface area contributed by atoms with E-state index in [1.165, 1.54) is 0 Å². The van der Waals surface area contributed by atoms with E-state index >= 15 is 0 Å². The van der Waals surface area contributed by atoms with Gasteiger partial charge in [-0.05, 0) is 37.0 Å². The van der Waals surface area contributed by atoms with Crippen LogP contribution in [0.2, 0.25) is 0 Å². The minimum Gasteiger partial charge on any atom is -0.482 e. The first kappa shape index (κ1) is 17.3. The molecule has 1 amide bonds. The highest BCUT2D eigenvalue weighted by Crippen LogP contribution is 2.44. The summed E-state index contributed by atoms with van der Waals surface area (Å²) in [6.45, 7) is 0.611. The number of nitrogens with one attached hydrogen (secondary N) is 1. The van der Waals surface area contributed by atoms with Crippen LogP contribution in [0.3, 0.4) is 0 Å². The van der Waals surface area contributed by atoms with Crippen molar-refractivity contribution in [3.05, 3.63) is 29.8 Å². The molecule has 23 heavy (non-hydrogen) atoms. The molecule has 1 fully saturated rings. The minimum absolute atomic E-state index is 0.0673. The van der Waals surface area contributed by atoms with Crippen LogP contribution in [0.15, 0.2) is 24.3 Å². The van der Waals surface area contributed by atoms with Crippen LogP contribution in [0, 0.1) is 5.41 Å². The first-order chi connectivity index (χ1) is 11.1. The van der Waals surface area contributed by atoms with Crippen molar-refractivity contribution in [2.45, 2.75) is 32.2 Å². The number of hydrogen-bond donors (Lipinski definition) is 2. The average Bonchev–Trinajstić information content (AvgIpc) is 2.50. The van der Waals surface area contributed by atoms with Gasteiger partial charge in [0.25, 0.3) is 0 Å². The summed E-state index contributed by atoms with van der Waals surface area (Å²) in [6, 6.07) is 7.09. The maximum atomic E-state index is 12.5. The molecule has 1 aromatic rings. The first-order valence-electron chi connectivity index (χ1n) is 7.76. The van der Waals surface area contributed by atoms with Crippen LogP contribution < -0.4 is 10.1 Å². The van der Waals surface area contributed by atoms with E-state index in [9.17, 15) is 9.59 Å². The fourth-order valence-corrected chi connectivity index (χ4v) is 2.75. The molecule has 1 aromatic carbocycles. The number of hydrogen-bond acceptors (Lipinski definition) is 4. The Bertz CT molecular complexity index is 554. The summed E-state index contributed by atoms with van der Waals surface area (Å²) in [7, 11) is 1.65. The van der Waals surface area contributed by atoms with Gasteiger partial charge in [0.2, 0.25) is 5.91 Å². The Morgan fingerprint density at radius 1 is 1.35 bits per heavy atom. The zero-order chi connectivity index (χ0) is 16.7. The van der Waals surface area contributed by atoms with Crippen LogP contribution in [-0.2, 0) is 20.9 Å². The van der Waals surface area contributed by atoms with Crippen molar-refractivity contribution in [1.29, 1.82) is 0 Å². The summed E-state index contributed by atoms with van der Waals surface area (Å²) in [5.41, 5.74) is 0.593. The SMILES string of the molecule is COCCC1(C(=O)NCc2cccc(OCC(=O)O)c2)CCC1. The van der Waals surface area contributed by atoms with Gasteiger partial charge in [-0.25, -0.2) is 4.79 Å². The highest BCUT2D eigenvalue weighted by Gasteiger charge is 2.43. The predicted molar refractivity (Wildman–Crippen MR) is 84.2 cm³/mol. The number of carboxylic acid groups (broad SMARTS) is 1. The van der Waals surface area contributed by atoms with Gasteiger partial charge in [0.15, 0.2) is 6.61 Å². The quantitative estimate of drug-likeness (QED) is 0.726. The molecular weight excluding hydrogens is 298 g/mol. The maximum Gasteiger partial charge on any atom is 0.341 e. The van der Waals surface area contributed by atoms with Crippen LogP contribution in [0.4, 0.5) is 0 Å². The summed E-state index contributed by atoms with van der Waals surface area (Å²) >= 11 is 0. The summed E-state index contributed by atoms with van der Waals surface area (Å²) in [5, 5.41) is 11.6. The van der Waals surface area contributed by atoms with E-state index in [2.05, 4.69) is 5.32 Å². The number of benzene rings is 1. The molecule has 0 aliphatic heterocycles. The molecule has 0 atom stereocenters. The van der Waals surface area contributed by atoms with E-state index in [0.717, 1.165) is 31.2 Å². The molecule has 0 spiro atoms. The van der Waals surface area contributed by atoms with Crippen LogP contribution in [0.25, 0.3) is 0 Å². The Balaban J connectivity index is 1.88. The van der Waals surface area contributed by atoms with Crippen LogP contribution in [0.5, 0.6) is 5.75 Å². The second-order valence-corrected chi connectivity index (χ2v) is 5.89. The first-order valence-corrected chi connectivity index (χ1v) is 7.76. The highest BCUT2D eigenvalue weighted by molar-refractivity contribution is 5.83. The van der Waals surface area contributed by atoms with Gasteiger partial charge in [-0.15, -0.1) is 0 Å². The lowest BCUT2D eigenvalue weighted by molar-refractivity contribution is -0.139. The number of aliphatic carboxylic acids is 1. The van der Waals surface area contributed by atoms with Crippen molar-refractivity contribution in [1.82, 2.24) is 5.32 Å². The van der Waals surface area contributed by atoms with Gasteiger partial charge in [-0.1, -0.05) is 18.6 Å². The minimum atomic E-state index is -1.02.